The Balaban J connectivity index is 2.47. The molecule has 0 amide bonds. The average molecular weight is 381 g/mol. The first-order chi connectivity index (χ1) is 12.0. The van der Waals surface area contributed by atoms with Crippen molar-refractivity contribution in [2.24, 2.45) is 0 Å². The van der Waals surface area contributed by atoms with Crippen LogP contribution in [0.2, 0.25) is 10.0 Å². The Kier molecular flexibility index (Phi) is 6.85. The molecule has 0 unspecified atom stereocenters. The highest BCUT2D eigenvalue weighted by Crippen LogP contribution is 2.34. The van der Waals surface area contributed by atoms with E-state index in [9.17, 15) is 9.59 Å². The van der Waals surface area contributed by atoms with E-state index in [-0.39, 0.29) is 13.2 Å². The van der Waals surface area contributed by atoms with E-state index in [2.05, 4.69) is 0 Å². The molecule has 0 spiro atoms. The zero-order valence-corrected chi connectivity index (χ0v) is 15.4. The van der Waals surface area contributed by atoms with Crippen LogP contribution in [0.25, 0.3) is 11.1 Å². The number of hydrogen-bond acceptors (Lipinski definition) is 4. The standard InChI is InChI=1S/C19H18Cl2O4/c1-3-24-18(22)16(19(23)25-4-2)13-8-5-7-12(11-13)14-9-6-10-15(20)17(14)21/h5-11,16H,3-4H2,1-2H3. The van der Waals surface area contributed by atoms with E-state index >= 15 is 0 Å². The van der Waals surface area contributed by atoms with Crippen LogP contribution in [0.5, 0.6) is 0 Å². The molecule has 2 aromatic carbocycles. The molecule has 25 heavy (non-hydrogen) atoms. The van der Waals surface area contributed by atoms with Crippen LogP contribution < -0.4 is 0 Å². The zero-order chi connectivity index (χ0) is 18.4. The van der Waals surface area contributed by atoms with Crippen LogP contribution in [-0.4, -0.2) is 25.2 Å². The number of benzene rings is 2. The average Bonchev–Trinajstić information content (AvgIpc) is 2.58. The topological polar surface area (TPSA) is 52.6 Å². The lowest BCUT2D eigenvalue weighted by Crippen LogP contribution is -2.26. The molecule has 0 N–H and O–H groups in total. The van der Waals surface area contributed by atoms with E-state index in [0.717, 1.165) is 5.56 Å². The highest BCUT2D eigenvalue weighted by atomic mass is 35.5. The summed E-state index contributed by atoms with van der Waals surface area (Å²) in [6.07, 6.45) is 0. The summed E-state index contributed by atoms with van der Waals surface area (Å²) in [6.45, 7) is 3.72. The summed E-state index contributed by atoms with van der Waals surface area (Å²) in [5.41, 5.74) is 1.93. The van der Waals surface area contributed by atoms with Crippen LogP contribution in [-0.2, 0) is 19.1 Å². The SMILES string of the molecule is CCOC(=O)C(C(=O)OCC)c1cccc(-c2cccc(Cl)c2Cl)c1. The van der Waals surface area contributed by atoms with Crippen molar-refractivity contribution in [2.75, 3.05) is 13.2 Å². The fourth-order valence-corrected chi connectivity index (χ4v) is 2.84. The van der Waals surface area contributed by atoms with Gasteiger partial charge in [0.15, 0.2) is 5.92 Å². The molecule has 4 nitrogen and oxygen atoms in total. The zero-order valence-electron chi connectivity index (χ0n) is 13.9. The predicted molar refractivity (Wildman–Crippen MR) is 97.9 cm³/mol. The summed E-state index contributed by atoms with van der Waals surface area (Å²) < 4.78 is 10.1. The second-order valence-corrected chi connectivity index (χ2v) is 5.95. The molecular formula is C19H18Cl2O4. The molecule has 0 atom stereocenters. The number of hydrogen-bond donors (Lipinski definition) is 0. The van der Waals surface area contributed by atoms with Gasteiger partial charge in [-0.15, -0.1) is 0 Å². The Morgan fingerprint density at radius 3 is 2.16 bits per heavy atom. The minimum atomic E-state index is -1.14. The largest absolute Gasteiger partial charge is 0.465 e. The first kappa shape index (κ1) is 19.3. The maximum Gasteiger partial charge on any atom is 0.324 e. The Morgan fingerprint density at radius 2 is 1.56 bits per heavy atom. The summed E-state index contributed by atoms with van der Waals surface area (Å²) in [4.78, 5) is 24.5. The van der Waals surface area contributed by atoms with Crippen LogP contribution >= 0.6 is 23.2 Å². The van der Waals surface area contributed by atoms with Crippen LogP contribution in [0, 0.1) is 0 Å². The molecule has 132 valence electrons. The summed E-state index contributed by atoms with van der Waals surface area (Å²) in [7, 11) is 0. The fraction of sp³-hybridized carbons (Fsp3) is 0.263. The van der Waals surface area contributed by atoms with Crippen molar-refractivity contribution in [1.29, 1.82) is 0 Å². The van der Waals surface area contributed by atoms with Gasteiger partial charge < -0.3 is 9.47 Å². The van der Waals surface area contributed by atoms with Gasteiger partial charge in [-0.2, -0.15) is 0 Å². The number of ether oxygens (including phenoxy) is 2. The molecule has 0 bridgehead atoms. The number of halogens is 2. The molecule has 0 heterocycles. The Labute approximate surface area is 156 Å². The van der Waals surface area contributed by atoms with Gasteiger partial charge in [-0.25, -0.2) is 0 Å². The minimum Gasteiger partial charge on any atom is -0.465 e. The number of esters is 2. The molecule has 2 aromatic rings. The summed E-state index contributed by atoms with van der Waals surface area (Å²) >= 11 is 12.3. The predicted octanol–water partition coefficient (Wildman–Crippen LogP) is 4.87. The second-order valence-electron chi connectivity index (χ2n) is 5.16. The third-order valence-electron chi connectivity index (χ3n) is 3.53. The van der Waals surface area contributed by atoms with Crippen LogP contribution in [0.3, 0.4) is 0 Å². The molecule has 2 rings (SSSR count). The van der Waals surface area contributed by atoms with Crippen molar-refractivity contribution < 1.29 is 19.1 Å². The van der Waals surface area contributed by atoms with Crippen molar-refractivity contribution >= 4 is 35.1 Å². The normalized spacial score (nSPS) is 10.6. The molecule has 0 aromatic heterocycles. The summed E-state index contributed by atoms with van der Waals surface area (Å²) in [5.74, 6) is -2.43. The van der Waals surface area contributed by atoms with E-state index in [0.29, 0.717) is 21.2 Å². The lowest BCUT2D eigenvalue weighted by atomic mass is 9.95. The maximum atomic E-state index is 12.3. The smallest absolute Gasteiger partial charge is 0.324 e. The number of carbonyl (C=O) groups is 2. The van der Waals surface area contributed by atoms with Crippen molar-refractivity contribution in [3.05, 3.63) is 58.1 Å². The Morgan fingerprint density at radius 1 is 0.960 bits per heavy atom. The van der Waals surface area contributed by atoms with Crippen LogP contribution in [0.1, 0.15) is 25.3 Å². The van der Waals surface area contributed by atoms with Gasteiger partial charge >= 0.3 is 11.9 Å². The summed E-state index contributed by atoms with van der Waals surface area (Å²) in [5, 5.41) is 0.835. The van der Waals surface area contributed by atoms with Crippen molar-refractivity contribution in [3.8, 4) is 11.1 Å². The lowest BCUT2D eigenvalue weighted by molar-refractivity contribution is -0.156. The van der Waals surface area contributed by atoms with Crippen molar-refractivity contribution in [3.63, 3.8) is 0 Å². The second kappa shape index (κ2) is 8.88. The van der Waals surface area contributed by atoms with E-state index in [1.807, 2.05) is 12.1 Å². The molecular weight excluding hydrogens is 363 g/mol. The molecule has 0 aliphatic rings. The molecule has 0 radical (unpaired) electrons. The van der Waals surface area contributed by atoms with Gasteiger partial charge in [-0.05, 0) is 37.1 Å². The molecule has 6 heteroatoms. The molecule has 0 saturated heterocycles. The van der Waals surface area contributed by atoms with Crippen LogP contribution in [0.15, 0.2) is 42.5 Å². The third-order valence-corrected chi connectivity index (χ3v) is 4.35. The molecule has 0 aliphatic carbocycles. The van der Waals surface area contributed by atoms with Gasteiger partial charge in [-0.1, -0.05) is 53.5 Å². The fourth-order valence-electron chi connectivity index (χ4n) is 2.43. The van der Waals surface area contributed by atoms with Gasteiger partial charge in [0.1, 0.15) is 0 Å². The molecule has 0 aliphatic heterocycles. The maximum absolute atomic E-state index is 12.3. The summed E-state index contributed by atoms with van der Waals surface area (Å²) in [6, 6.07) is 12.3. The first-order valence-corrected chi connectivity index (χ1v) is 8.62. The number of carbonyl (C=O) groups excluding carboxylic acids is 2. The molecule has 0 saturated carbocycles. The lowest BCUT2D eigenvalue weighted by Gasteiger charge is -2.16. The van der Waals surface area contributed by atoms with Crippen molar-refractivity contribution in [2.45, 2.75) is 19.8 Å². The first-order valence-electron chi connectivity index (χ1n) is 7.87. The Hall–Kier alpha value is -2.04. The van der Waals surface area contributed by atoms with E-state index in [4.69, 9.17) is 32.7 Å². The number of rotatable bonds is 6. The third kappa shape index (κ3) is 4.53. The van der Waals surface area contributed by atoms with Crippen LogP contribution in [0.4, 0.5) is 0 Å². The van der Waals surface area contributed by atoms with E-state index in [1.165, 1.54) is 0 Å². The van der Waals surface area contributed by atoms with E-state index in [1.54, 1.807) is 44.2 Å². The molecule has 0 fully saturated rings. The van der Waals surface area contributed by atoms with Gasteiger partial charge in [0.05, 0.1) is 23.3 Å². The Bertz CT molecular complexity index is 756. The minimum absolute atomic E-state index is 0.175. The van der Waals surface area contributed by atoms with Gasteiger partial charge in [0, 0.05) is 5.56 Å². The van der Waals surface area contributed by atoms with Gasteiger partial charge in [-0.3, -0.25) is 9.59 Å². The van der Waals surface area contributed by atoms with Gasteiger partial charge in [0.25, 0.3) is 0 Å². The van der Waals surface area contributed by atoms with Crippen molar-refractivity contribution in [1.82, 2.24) is 0 Å². The van der Waals surface area contributed by atoms with Gasteiger partial charge in [0.2, 0.25) is 0 Å². The monoisotopic (exact) mass is 380 g/mol. The quantitative estimate of drug-likeness (QED) is 0.529. The highest BCUT2D eigenvalue weighted by Gasteiger charge is 2.31. The van der Waals surface area contributed by atoms with E-state index < -0.39 is 17.9 Å². The highest BCUT2D eigenvalue weighted by molar-refractivity contribution is 6.43.